The number of aryl methyl sites for hydroxylation is 1. The molecule has 2 aliphatic carbocycles. The lowest BCUT2D eigenvalue weighted by molar-refractivity contribution is 0.0937. The Bertz CT molecular complexity index is 846. The zero-order chi connectivity index (χ0) is 18.3. The van der Waals surface area contributed by atoms with E-state index in [1.54, 1.807) is 14.0 Å². The summed E-state index contributed by atoms with van der Waals surface area (Å²) < 4.78 is 5.27. The van der Waals surface area contributed by atoms with Crippen molar-refractivity contribution in [3.05, 3.63) is 51.6 Å². The van der Waals surface area contributed by atoms with Gasteiger partial charge in [-0.05, 0) is 49.3 Å². The predicted octanol–water partition coefficient (Wildman–Crippen LogP) is 2.46. The van der Waals surface area contributed by atoms with E-state index in [9.17, 15) is 9.90 Å². The summed E-state index contributed by atoms with van der Waals surface area (Å²) in [6, 6.07) is 8.62. The van der Waals surface area contributed by atoms with E-state index in [1.807, 2.05) is 12.1 Å². The van der Waals surface area contributed by atoms with Crippen LogP contribution in [0.5, 0.6) is 11.6 Å². The number of methoxy groups -OCH3 is 1. The van der Waals surface area contributed by atoms with E-state index in [-0.39, 0.29) is 11.4 Å². The van der Waals surface area contributed by atoms with E-state index in [1.165, 1.54) is 24.8 Å². The molecule has 3 N–H and O–H groups in total. The third-order valence-electron chi connectivity index (χ3n) is 6.06. The second-order valence-corrected chi connectivity index (χ2v) is 7.42. The third-order valence-corrected chi connectivity index (χ3v) is 6.06. The van der Waals surface area contributed by atoms with Gasteiger partial charge in [0.1, 0.15) is 11.6 Å². The molecule has 26 heavy (non-hydrogen) atoms. The Morgan fingerprint density at radius 3 is 2.69 bits per heavy atom. The van der Waals surface area contributed by atoms with Crippen molar-refractivity contribution in [2.24, 2.45) is 11.8 Å². The molecular formula is C20H25N3O3. The highest BCUT2D eigenvalue weighted by molar-refractivity contribution is 5.34. The summed E-state index contributed by atoms with van der Waals surface area (Å²) in [5, 5.41) is 13.6. The maximum absolute atomic E-state index is 12.1. The number of aromatic amines is 1. The second kappa shape index (κ2) is 6.76. The molecule has 2 saturated carbocycles. The average molecular weight is 355 g/mol. The SMILES string of the molecule is COc1ccc([C@@H]2[C@H]3CCC[C@H]3[C@H]2NCc2c(O)nc(C)[nH]c2=O)cc1. The van der Waals surface area contributed by atoms with E-state index in [0.29, 0.717) is 41.7 Å². The van der Waals surface area contributed by atoms with Crippen LogP contribution in [0.15, 0.2) is 29.1 Å². The molecule has 0 saturated heterocycles. The fourth-order valence-electron chi connectivity index (χ4n) is 4.83. The molecule has 4 atom stereocenters. The number of hydrogen-bond acceptors (Lipinski definition) is 5. The Morgan fingerprint density at radius 2 is 2.00 bits per heavy atom. The van der Waals surface area contributed by atoms with E-state index in [2.05, 4.69) is 27.4 Å². The van der Waals surface area contributed by atoms with Gasteiger partial charge < -0.3 is 20.1 Å². The summed E-state index contributed by atoms with van der Waals surface area (Å²) in [7, 11) is 1.68. The van der Waals surface area contributed by atoms with Gasteiger partial charge in [0, 0.05) is 18.5 Å². The van der Waals surface area contributed by atoms with E-state index < -0.39 is 0 Å². The molecule has 0 bridgehead atoms. The molecule has 6 heteroatoms. The molecule has 1 heterocycles. The first-order valence-corrected chi connectivity index (χ1v) is 9.24. The highest BCUT2D eigenvalue weighted by Crippen LogP contribution is 2.56. The van der Waals surface area contributed by atoms with Gasteiger partial charge in [0.25, 0.3) is 5.56 Å². The first-order chi connectivity index (χ1) is 12.6. The van der Waals surface area contributed by atoms with Gasteiger partial charge in [-0.1, -0.05) is 18.6 Å². The van der Waals surface area contributed by atoms with E-state index in [4.69, 9.17) is 4.74 Å². The maximum Gasteiger partial charge on any atom is 0.259 e. The van der Waals surface area contributed by atoms with Crippen LogP contribution in [0.3, 0.4) is 0 Å². The number of fused-ring (bicyclic) bond motifs is 1. The van der Waals surface area contributed by atoms with E-state index in [0.717, 1.165) is 5.75 Å². The van der Waals surface area contributed by atoms with Gasteiger partial charge in [-0.3, -0.25) is 4.79 Å². The van der Waals surface area contributed by atoms with Crippen LogP contribution in [-0.4, -0.2) is 28.2 Å². The molecule has 2 aromatic rings. The largest absolute Gasteiger partial charge is 0.497 e. The van der Waals surface area contributed by atoms with Crippen LogP contribution in [0.25, 0.3) is 0 Å². The smallest absolute Gasteiger partial charge is 0.259 e. The number of nitrogens with zero attached hydrogens (tertiary/aromatic N) is 1. The number of nitrogens with one attached hydrogen (secondary N) is 2. The van der Waals surface area contributed by atoms with Crippen LogP contribution in [0.2, 0.25) is 0 Å². The Balaban J connectivity index is 1.53. The van der Waals surface area contributed by atoms with Crippen LogP contribution in [0.4, 0.5) is 0 Å². The van der Waals surface area contributed by atoms with Gasteiger partial charge in [0.2, 0.25) is 5.88 Å². The number of aromatic hydroxyl groups is 1. The summed E-state index contributed by atoms with van der Waals surface area (Å²) in [4.78, 5) is 18.7. The molecule has 1 aromatic heterocycles. The van der Waals surface area contributed by atoms with Gasteiger partial charge >= 0.3 is 0 Å². The van der Waals surface area contributed by atoms with Crippen LogP contribution in [0.1, 0.15) is 42.1 Å². The Hall–Kier alpha value is -2.34. The Labute approximate surface area is 152 Å². The van der Waals surface area contributed by atoms with Crippen molar-refractivity contribution in [3.8, 4) is 11.6 Å². The lowest BCUT2D eigenvalue weighted by Gasteiger charge is -2.50. The molecule has 4 rings (SSSR count). The fraction of sp³-hybridized carbons (Fsp3) is 0.500. The normalized spacial score (nSPS) is 27.0. The summed E-state index contributed by atoms with van der Waals surface area (Å²) in [6.07, 6.45) is 3.75. The second-order valence-electron chi connectivity index (χ2n) is 7.42. The third kappa shape index (κ3) is 2.88. The quantitative estimate of drug-likeness (QED) is 0.767. The van der Waals surface area contributed by atoms with Crippen LogP contribution >= 0.6 is 0 Å². The zero-order valence-corrected chi connectivity index (χ0v) is 15.2. The minimum atomic E-state index is -0.272. The molecule has 0 radical (unpaired) electrons. The standard InChI is InChI=1S/C20H25N3O3/c1-11-22-19(24)16(20(25)23-11)10-21-18-15-5-3-4-14(15)17(18)12-6-8-13(26-2)9-7-12/h6-9,14-15,17-18,21H,3-5,10H2,1-2H3,(H2,22,23,24,25)/t14-,15+,17+,18+/m0/s1. The molecule has 0 aliphatic heterocycles. The molecule has 2 fully saturated rings. The van der Waals surface area contributed by atoms with Crippen molar-refractivity contribution >= 4 is 0 Å². The fourth-order valence-corrected chi connectivity index (χ4v) is 4.83. The van der Waals surface area contributed by atoms with Crippen LogP contribution in [0, 0.1) is 18.8 Å². The summed E-state index contributed by atoms with van der Waals surface area (Å²) in [5.41, 5.74) is 1.35. The zero-order valence-electron chi connectivity index (χ0n) is 15.2. The number of rotatable bonds is 5. The van der Waals surface area contributed by atoms with Crippen molar-refractivity contribution < 1.29 is 9.84 Å². The highest BCUT2D eigenvalue weighted by atomic mass is 16.5. The minimum absolute atomic E-state index is 0.179. The highest BCUT2D eigenvalue weighted by Gasteiger charge is 2.52. The number of ether oxygens (including phenoxy) is 1. The van der Waals surface area contributed by atoms with Crippen molar-refractivity contribution in [2.75, 3.05) is 7.11 Å². The lowest BCUT2D eigenvalue weighted by Crippen LogP contribution is -2.54. The topological polar surface area (TPSA) is 87.2 Å². The number of aromatic nitrogens is 2. The molecule has 0 spiro atoms. The first-order valence-electron chi connectivity index (χ1n) is 9.24. The van der Waals surface area contributed by atoms with Crippen molar-refractivity contribution in [2.45, 2.75) is 44.7 Å². The molecule has 6 nitrogen and oxygen atoms in total. The molecule has 0 amide bonds. The predicted molar refractivity (Wildman–Crippen MR) is 98.5 cm³/mol. The van der Waals surface area contributed by atoms with Crippen LogP contribution < -0.4 is 15.6 Å². The van der Waals surface area contributed by atoms with Gasteiger partial charge in [0.15, 0.2) is 0 Å². The van der Waals surface area contributed by atoms with Gasteiger partial charge in [-0.25, -0.2) is 4.98 Å². The van der Waals surface area contributed by atoms with Crippen LogP contribution in [-0.2, 0) is 6.54 Å². The van der Waals surface area contributed by atoms with Crippen molar-refractivity contribution in [1.29, 1.82) is 0 Å². The molecule has 2 aliphatic rings. The lowest BCUT2D eigenvalue weighted by atomic mass is 9.60. The molecular weight excluding hydrogens is 330 g/mol. The molecule has 1 aromatic carbocycles. The first kappa shape index (κ1) is 17.1. The summed E-state index contributed by atoms with van der Waals surface area (Å²) in [5.74, 6) is 2.88. The molecule has 138 valence electrons. The summed E-state index contributed by atoms with van der Waals surface area (Å²) >= 11 is 0. The van der Waals surface area contributed by atoms with Gasteiger partial charge in [-0.2, -0.15) is 0 Å². The Kier molecular flexibility index (Phi) is 4.44. The maximum atomic E-state index is 12.1. The summed E-state index contributed by atoms with van der Waals surface area (Å²) in [6.45, 7) is 1.99. The monoisotopic (exact) mass is 355 g/mol. The number of hydrogen-bond donors (Lipinski definition) is 3. The van der Waals surface area contributed by atoms with Gasteiger partial charge in [-0.15, -0.1) is 0 Å². The van der Waals surface area contributed by atoms with E-state index >= 15 is 0 Å². The molecule has 0 unspecified atom stereocenters. The average Bonchev–Trinajstić information content (AvgIpc) is 3.01. The van der Waals surface area contributed by atoms with Crippen molar-refractivity contribution in [3.63, 3.8) is 0 Å². The number of benzene rings is 1. The Morgan fingerprint density at radius 1 is 1.27 bits per heavy atom. The number of H-pyrrole nitrogens is 1. The van der Waals surface area contributed by atoms with Crippen molar-refractivity contribution in [1.82, 2.24) is 15.3 Å². The minimum Gasteiger partial charge on any atom is -0.497 e. The van der Waals surface area contributed by atoms with Gasteiger partial charge in [0.05, 0.1) is 12.7 Å².